The number of piperidine rings is 1. The Hall–Kier alpha value is -2.70. The van der Waals surface area contributed by atoms with Gasteiger partial charge in [0.1, 0.15) is 0 Å². The first kappa shape index (κ1) is 21.6. The predicted octanol–water partition coefficient (Wildman–Crippen LogP) is 3.06. The van der Waals surface area contributed by atoms with Gasteiger partial charge in [-0.2, -0.15) is 0 Å². The van der Waals surface area contributed by atoms with Crippen LogP contribution in [0, 0.1) is 0 Å². The molecule has 0 spiro atoms. The minimum absolute atomic E-state index is 0.138. The lowest BCUT2D eigenvalue weighted by Crippen LogP contribution is -2.45. The van der Waals surface area contributed by atoms with Crippen LogP contribution in [0.5, 0.6) is 17.2 Å². The van der Waals surface area contributed by atoms with Gasteiger partial charge in [-0.25, -0.2) is 4.79 Å². The fourth-order valence-corrected chi connectivity index (χ4v) is 3.38. The van der Waals surface area contributed by atoms with Gasteiger partial charge in [-0.1, -0.05) is 6.92 Å². The molecule has 7 nitrogen and oxygen atoms in total. The van der Waals surface area contributed by atoms with Crippen LogP contribution in [0.4, 0.5) is 0 Å². The van der Waals surface area contributed by atoms with Gasteiger partial charge in [0.05, 0.1) is 21.3 Å². The van der Waals surface area contributed by atoms with Crippen molar-refractivity contribution in [3.05, 3.63) is 23.8 Å². The molecular weight excluding hydrogens is 362 g/mol. The number of ether oxygens (including phenoxy) is 4. The largest absolute Gasteiger partial charge is 0.493 e. The zero-order chi connectivity index (χ0) is 20.5. The van der Waals surface area contributed by atoms with Gasteiger partial charge in [0.2, 0.25) is 5.75 Å². The van der Waals surface area contributed by atoms with Crippen molar-refractivity contribution in [3.8, 4) is 17.2 Å². The highest BCUT2D eigenvalue weighted by Crippen LogP contribution is 2.38. The Morgan fingerprint density at radius 2 is 1.79 bits per heavy atom. The van der Waals surface area contributed by atoms with Gasteiger partial charge in [0, 0.05) is 18.7 Å². The Kier molecular flexibility index (Phi) is 8.17. The Bertz CT molecular complexity index is 690. The van der Waals surface area contributed by atoms with Crippen molar-refractivity contribution in [2.75, 3.05) is 34.5 Å². The third-order valence-electron chi connectivity index (χ3n) is 4.86. The highest BCUT2D eigenvalue weighted by atomic mass is 16.5. The Morgan fingerprint density at radius 3 is 2.36 bits per heavy atom. The number of esters is 1. The van der Waals surface area contributed by atoms with Crippen molar-refractivity contribution >= 4 is 18.0 Å². The molecule has 0 saturated carbocycles. The van der Waals surface area contributed by atoms with Gasteiger partial charge in [-0.3, -0.25) is 4.79 Å². The van der Waals surface area contributed by atoms with Crippen molar-refractivity contribution in [2.45, 2.75) is 38.6 Å². The molecule has 1 saturated heterocycles. The molecule has 1 atom stereocenters. The fourth-order valence-electron chi connectivity index (χ4n) is 3.38. The fraction of sp³-hybridized carbons (Fsp3) is 0.524. The normalized spacial score (nSPS) is 16.7. The highest BCUT2D eigenvalue weighted by Gasteiger charge is 2.25. The van der Waals surface area contributed by atoms with Gasteiger partial charge < -0.3 is 23.8 Å². The molecule has 28 heavy (non-hydrogen) atoms. The van der Waals surface area contributed by atoms with Crippen molar-refractivity contribution in [1.82, 2.24) is 4.90 Å². The van der Waals surface area contributed by atoms with Crippen molar-refractivity contribution in [1.29, 1.82) is 0 Å². The highest BCUT2D eigenvalue weighted by molar-refractivity contribution is 5.89. The molecule has 1 heterocycles. The summed E-state index contributed by atoms with van der Waals surface area (Å²) in [5, 5.41) is 0. The molecular formula is C21H29NO6. The zero-order valence-electron chi connectivity index (χ0n) is 17.0. The molecule has 0 aromatic heterocycles. The number of hydrogen-bond donors (Lipinski definition) is 0. The molecule has 7 heteroatoms. The second kappa shape index (κ2) is 10.6. The van der Waals surface area contributed by atoms with Gasteiger partial charge in [-0.15, -0.1) is 0 Å². The molecule has 1 aromatic carbocycles. The van der Waals surface area contributed by atoms with E-state index in [2.05, 4.69) is 6.92 Å². The van der Waals surface area contributed by atoms with Crippen LogP contribution in [-0.2, 0) is 14.3 Å². The van der Waals surface area contributed by atoms with Crippen LogP contribution in [0.25, 0.3) is 6.08 Å². The second-order valence-electron chi connectivity index (χ2n) is 6.54. The van der Waals surface area contributed by atoms with Gasteiger partial charge in [0.15, 0.2) is 18.1 Å². The van der Waals surface area contributed by atoms with Crippen LogP contribution in [0.2, 0.25) is 0 Å². The molecule has 2 rings (SSSR count). The lowest BCUT2D eigenvalue weighted by Gasteiger charge is -2.35. The minimum atomic E-state index is -0.577. The van der Waals surface area contributed by atoms with E-state index in [1.807, 2.05) is 4.90 Å². The number of likely N-dealkylation sites (tertiary alicyclic amines) is 1. The summed E-state index contributed by atoms with van der Waals surface area (Å²) in [6, 6.07) is 3.68. The zero-order valence-corrected chi connectivity index (χ0v) is 17.0. The lowest BCUT2D eigenvalue weighted by molar-refractivity contribution is -0.150. The molecule has 0 aliphatic carbocycles. The molecule has 0 bridgehead atoms. The number of hydrogen-bond acceptors (Lipinski definition) is 6. The quantitative estimate of drug-likeness (QED) is 0.501. The predicted molar refractivity (Wildman–Crippen MR) is 106 cm³/mol. The van der Waals surface area contributed by atoms with Crippen molar-refractivity contribution in [3.63, 3.8) is 0 Å². The number of amides is 1. The maximum absolute atomic E-state index is 12.4. The maximum atomic E-state index is 12.4. The monoisotopic (exact) mass is 391 g/mol. The second-order valence-corrected chi connectivity index (χ2v) is 6.54. The van der Waals surface area contributed by atoms with E-state index in [0.29, 0.717) is 22.8 Å². The number of carbonyl (C=O) groups excluding carboxylic acids is 2. The Morgan fingerprint density at radius 1 is 1.11 bits per heavy atom. The van der Waals surface area contributed by atoms with Crippen LogP contribution < -0.4 is 14.2 Å². The first-order valence-corrected chi connectivity index (χ1v) is 9.48. The van der Waals surface area contributed by atoms with Gasteiger partial charge >= 0.3 is 5.97 Å². The Balaban J connectivity index is 1.97. The summed E-state index contributed by atoms with van der Waals surface area (Å²) >= 11 is 0. The topological polar surface area (TPSA) is 74.3 Å². The molecule has 1 amide bonds. The molecule has 1 aromatic rings. The number of benzene rings is 1. The van der Waals surface area contributed by atoms with E-state index in [-0.39, 0.29) is 18.6 Å². The molecule has 0 unspecified atom stereocenters. The van der Waals surface area contributed by atoms with E-state index in [0.717, 1.165) is 32.2 Å². The standard InChI is InChI=1S/C21H29NO6/c1-5-16-8-6-7-11-22(16)19(23)14-28-20(24)10-9-15-12-17(25-2)21(27-4)18(13-15)26-3/h9-10,12-13,16H,5-8,11,14H2,1-4H3/b10-9+/t16-/m1/s1. The summed E-state index contributed by atoms with van der Waals surface area (Å²) in [6.45, 7) is 2.56. The van der Waals surface area contributed by atoms with Crippen molar-refractivity contribution < 1.29 is 28.5 Å². The van der Waals surface area contributed by atoms with Crippen molar-refractivity contribution in [2.24, 2.45) is 0 Å². The van der Waals surface area contributed by atoms with E-state index in [9.17, 15) is 9.59 Å². The van der Waals surface area contributed by atoms with Crippen LogP contribution in [0.3, 0.4) is 0 Å². The summed E-state index contributed by atoms with van der Waals surface area (Å²) in [7, 11) is 4.57. The average molecular weight is 391 g/mol. The molecule has 1 fully saturated rings. The third-order valence-corrected chi connectivity index (χ3v) is 4.86. The van der Waals surface area contributed by atoms with Crippen LogP contribution in [-0.4, -0.2) is 57.3 Å². The molecule has 154 valence electrons. The number of methoxy groups -OCH3 is 3. The van der Waals surface area contributed by atoms with E-state index in [1.165, 1.54) is 27.4 Å². The minimum Gasteiger partial charge on any atom is -0.493 e. The summed E-state index contributed by atoms with van der Waals surface area (Å²) in [5.41, 5.74) is 0.680. The Labute approximate surface area is 166 Å². The van der Waals surface area contributed by atoms with Crippen LogP contribution in [0.15, 0.2) is 18.2 Å². The smallest absolute Gasteiger partial charge is 0.331 e. The first-order chi connectivity index (χ1) is 13.5. The van der Waals surface area contributed by atoms with E-state index < -0.39 is 5.97 Å². The lowest BCUT2D eigenvalue weighted by atomic mass is 10.00. The average Bonchev–Trinajstić information content (AvgIpc) is 2.74. The SMILES string of the molecule is CC[C@@H]1CCCCN1C(=O)COC(=O)/C=C/c1cc(OC)c(OC)c(OC)c1. The molecule has 0 N–H and O–H groups in total. The first-order valence-electron chi connectivity index (χ1n) is 9.48. The molecule has 0 radical (unpaired) electrons. The van der Waals surface area contributed by atoms with Crippen LogP contribution in [0.1, 0.15) is 38.2 Å². The summed E-state index contributed by atoms with van der Waals surface area (Å²) in [5.74, 6) is 0.733. The van der Waals surface area contributed by atoms with Gasteiger partial charge in [0.25, 0.3) is 5.91 Å². The summed E-state index contributed by atoms with van der Waals surface area (Å²) in [4.78, 5) is 26.2. The maximum Gasteiger partial charge on any atom is 0.331 e. The van der Waals surface area contributed by atoms with E-state index in [4.69, 9.17) is 18.9 Å². The third kappa shape index (κ3) is 5.41. The number of nitrogens with zero attached hydrogens (tertiary/aromatic N) is 1. The summed E-state index contributed by atoms with van der Waals surface area (Å²) < 4.78 is 21.0. The molecule has 1 aliphatic heterocycles. The summed E-state index contributed by atoms with van der Waals surface area (Å²) in [6.07, 6.45) is 6.92. The van der Waals surface area contributed by atoms with Gasteiger partial charge in [-0.05, 0) is 49.5 Å². The van der Waals surface area contributed by atoms with E-state index >= 15 is 0 Å². The number of carbonyl (C=O) groups is 2. The van der Waals surface area contributed by atoms with E-state index in [1.54, 1.807) is 18.2 Å². The van der Waals surface area contributed by atoms with Crippen LogP contribution >= 0.6 is 0 Å². The molecule has 1 aliphatic rings. The number of rotatable bonds is 8.